The van der Waals surface area contributed by atoms with Crippen LogP contribution in [0, 0.1) is 6.92 Å². The first-order valence-electron chi connectivity index (χ1n) is 8.15. The molecule has 1 amide bonds. The van der Waals surface area contributed by atoms with E-state index in [9.17, 15) is 4.79 Å². The molecule has 1 heterocycles. The molecule has 1 atom stereocenters. The van der Waals surface area contributed by atoms with Gasteiger partial charge in [-0.1, -0.05) is 36.4 Å². The fourth-order valence-corrected chi connectivity index (χ4v) is 2.57. The molecule has 5 heteroatoms. The second kappa shape index (κ2) is 7.95. The Labute approximate surface area is 142 Å². The van der Waals surface area contributed by atoms with E-state index in [0.717, 1.165) is 29.2 Å². The zero-order valence-corrected chi connectivity index (χ0v) is 13.7. The van der Waals surface area contributed by atoms with Crippen LogP contribution in [0.1, 0.15) is 11.1 Å². The highest BCUT2D eigenvalue weighted by Crippen LogP contribution is 2.27. The number of nitrogens with one attached hydrogen (secondary N) is 2. The van der Waals surface area contributed by atoms with Gasteiger partial charge < -0.3 is 20.1 Å². The van der Waals surface area contributed by atoms with Crippen LogP contribution in [0.5, 0.6) is 11.5 Å². The number of ether oxygens (including phenoxy) is 2. The molecule has 24 heavy (non-hydrogen) atoms. The van der Waals surface area contributed by atoms with Crippen molar-refractivity contribution >= 4 is 5.91 Å². The van der Waals surface area contributed by atoms with Gasteiger partial charge in [0.25, 0.3) is 5.91 Å². The van der Waals surface area contributed by atoms with Crippen molar-refractivity contribution < 1.29 is 14.3 Å². The molecule has 5 nitrogen and oxygen atoms in total. The molecule has 126 valence electrons. The van der Waals surface area contributed by atoms with E-state index in [1.807, 2.05) is 55.5 Å². The molecule has 1 saturated heterocycles. The molecule has 2 aromatic rings. The van der Waals surface area contributed by atoms with E-state index in [2.05, 4.69) is 10.6 Å². The Morgan fingerprint density at radius 2 is 1.96 bits per heavy atom. The summed E-state index contributed by atoms with van der Waals surface area (Å²) in [5, 5.41) is 6.08. The van der Waals surface area contributed by atoms with E-state index in [1.165, 1.54) is 0 Å². The van der Waals surface area contributed by atoms with E-state index in [1.54, 1.807) is 0 Å². The number of rotatable bonds is 5. The first-order chi connectivity index (χ1) is 11.7. The maximum Gasteiger partial charge on any atom is 0.250 e. The minimum Gasteiger partial charge on any atom is -0.457 e. The lowest BCUT2D eigenvalue weighted by Crippen LogP contribution is -2.47. The number of hydrogen-bond acceptors (Lipinski definition) is 4. The Kier molecular flexibility index (Phi) is 5.46. The summed E-state index contributed by atoms with van der Waals surface area (Å²) in [7, 11) is 0. The van der Waals surface area contributed by atoms with Crippen molar-refractivity contribution in [3.8, 4) is 11.5 Å². The highest BCUT2D eigenvalue weighted by Gasteiger charge is 2.21. The van der Waals surface area contributed by atoms with Gasteiger partial charge in [0.15, 0.2) is 0 Å². The first-order valence-corrected chi connectivity index (χ1v) is 8.15. The van der Waals surface area contributed by atoms with E-state index in [4.69, 9.17) is 9.47 Å². The SMILES string of the molecule is Cc1ccccc1Oc1ccccc1CNC(=O)C1CNCCO1. The zero-order valence-electron chi connectivity index (χ0n) is 13.7. The largest absolute Gasteiger partial charge is 0.457 e. The first kappa shape index (κ1) is 16.5. The number of morpholine rings is 1. The van der Waals surface area contributed by atoms with Gasteiger partial charge in [-0.2, -0.15) is 0 Å². The standard InChI is InChI=1S/C19H22N2O3/c1-14-6-2-4-8-16(14)24-17-9-5-3-7-15(17)12-21-19(22)18-13-20-10-11-23-18/h2-9,18,20H,10-13H2,1H3,(H,21,22). The average Bonchev–Trinajstić information content (AvgIpc) is 2.63. The van der Waals surface area contributed by atoms with E-state index in [-0.39, 0.29) is 5.91 Å². The Morgan fingerprint density at radius 3 is 2.71 bits per heavy atom. The zero-order chi connectivity index (χ0) is 16.8. The molecule has 3 rings (SSSR count). The van der Waals surface area contributed by atoms with Gasteiger partial charge in [0.05, 0.1) is 6.61 Å². The molecule has 1 unspecified atom stereocenters. The Morgan fingerprint density at radius 1 is 1.21 bits per heavy atom. The number of benzene rings is 2. The van der Waals surface area contributed by atoms with Gasteiger partial charge in [-0.15, -0.1) is 0 Å². The molecule has 0 spiro atoms. The summed E-state index contributed by atoms with van der Waals surface area (Å²) in [6, 6.07) is 15.6. The fourth-order valence-electron chi connectivity index (χ4n) is 2.57. The number of amides is 1. The second-order valence-corrected chi connectivity index (χ2v) is 5.76. The van der Waals surface area contributed by atoms with Gasteiger partial charge in [-0.05, 0) is 24.6 Å². The molecular formula is C19H22N2O3. The van der Waals surface area contributed by atoms with Crippen LogP contribution in [0.4, 0.5) is 0 Å². The van der Waals surface area contributed by atoms with Crippen molar-refractivity contribution in [1.29, 1.82) is 0 Å². The van der Waals surface area contributed by atoms with Gasteiger partial charge in [0, 0.05) is 25.2 Å². The molecular weight excluding hydrogens is 304 g/mol. The van der Waals surface area contributed by atoms with Gasteiger partial charge in [-0.25, -0.2) is 0 Å². The summed E-state index contributed by atoms with van der Waals surface area (Å²) < 4.78 is 11.5. The van der Waals surface area contributed by atoms with E-state index in [0.29, 0.717) is 19.7 Å². The van der Waals surface area contributed by atoms with Gasteiger partial charge in [0.1, 0.15) is 17.6 Å². The van der Waals surface area contributed by atoms with E-state index < -0.39 is 6.10 Å². The third-order valence-corrected chi connectivity index (χ3v) is 3.96. The monoisotopic (exact) mass is 326 g/mol. The fraction of sp³-hybridized carbons (Fsp3) is 0.316. The molecule has 1 fully saturated rings. The van der Waals surface area contributed by atoms with Gasteiger partial charge in [-0.3, -0.25) is 4.79 Å². The van der Waals surface area contributed by atoms with Crippen LogP contribution < -0.4 is 15.4 Å². The number of hydrogen-bond donors (Lipinski definition) is 2. The van der Waals surface area contributed by atoms with E-state index >= 15 is 0 Å². The van der Waals surface area contributed by atoms with Gasteiger partial charge >= 0.3 is 0 Å². The average molecular weight is 326 g/mol. The van der Waals surface area contributed by atoms with Crippen LogP contribution in [0.25, 0.3) is 0 Å². The summed E-state index contributed by atoms with van der Waals surface area (Å²) in [4.78, 5) is 12.2. The lowest BCUT2D eigenvalue weighted by molar-refractivity contribution is -0.134. The smallest absolute Gasteiger partial charge is 0.250 e. The molecule has 0 radical (unpaired) electrons. The molecule has 2 aromatic carbocycles. The molecule has 0 aliphatic carbocycles. The summed E-state index contributed by atoms with van der Waals surface area (Å²) in [5.41, 5.74) is 2.00. The maximum atomic E-state index is 12.2. The minimum atomic E-state index is -0.428. The van der Waals surface area contributed by atoms with Crippen molar-refractivity contribution in [3.63, 3.8) is 0 Å². The predicted octanol–water partition coefficient (Wildman–Crippen LogP) is 2.39. The number of para-hydroxylation sites is 2. The minimum absolute atomic E-state index is 0.104. The van der Waals surface area contributed by atoms with Crippen molar-refractivity contribution in [1.82, 2.24) is 10.6 Å². The summed E-state index contributed by atoms with van der Waals surface area (Å²) in [5.74, 6) is 1.46. The maximum absolute atomic E-state index is 12.2. The quantitative estimate of drug-likeness (QED) is 0.886. The lowest BCUT2D eigenvalue weighted by Gasteiger charge is -2.23. The normalized spacial score (nSPS) is 17.3. The van der Waals surface area contributed by atoms with Crippen molar-refractivity contribution in [3.05, 3.63) is 59.7 Å². The molecule has 1 aliphatic heterocycles. The Hall–Kier alpha value is -2.37. The summed E-state index contributed by atoms with van der Waals surface area (Å²) in [6.45, 7) is 4.31. The number of carbonyl (C=O) groups excluding carboxylic acids is 1. The molecule has 0 aromatic heterocycles. The molecule has 2 N–H and O–H groups in total. The third-order valence-electron chi connectivity index (χ3n) is 3.96. The van der Waals surface area contributed by atoms with Crippen molar-refractivity contribution in [2.75, 3.05) is 19.7 Å². The number of carbonyl (C=O) groups is 1. The van der Waals surface area contributed by atoms with Crippen LogP contribution in [0.15, 0.2) is 48.5 Å². The molecule has 1 aliphatic rings. The Bertz CT molecular complexity index is 697. The summed E-state index contributed by atoms with van der Waals surface area (Å²) in [6.07, 6.45) is -0.428. The van der Waals surface area contributed by atoms with Gasteiger partial charge in [0.2, 0.25) is 0 Å². The third kappa shape index (κ3) is 4.13. The second-order valence-electron chi connectivity index (χ2n) is 5.76. The number of aryl methyl sites for hydroxylation is 1. The van der Waals surface area contributed by atoms with Crippen LogP contribution >= 0.6 is 0 Å². The lowest BCUT2D eigenvalue weighted by atomic mass is 10.2. The highest BCUT2D eigenvalue weighted by molar-refractivity contribution is 5.81. The summed E-state index contributed by atoms with van der Waals surface area (Å²) >= 11 is 0. The van der Waals surface area contributed by atoms with Crippen LogP contribution in [0.2, 0.25) is 0 Å². The molecule has 0 bridgehead atoms. The topological polar surface area (TPSA) is 59.6 Å². The molecule has 0 saturated carbocycles. The van der Waals surface area contributed by atoms with Crippen molar-refractivity contribution in [2.24, 2.45) is 0 Å². The van der Waals surface area contributed by atoms with Crippen LogP contribution in [-0.2, 0) is 16.1 Å². The van der Waals surface area contributed by atoms with Crippen LogP contribution in [0.3, 0.4) is 0 Å². The highest BCUT2D eigenvalue weighted by atomic mass is 16.5. The van der Waals surface area contributed by atoms with Crippen molar-refractivity contribution in [2.45, 2.75) is 19.6 Å². The Balaban J connectivity index is 1.66. The predicted molar refractivity (Wildman–Crippen MR) is 92.2 cm³/mol. The van der Waals surface area contributed by atoms with Crippen LogP contribution in [-0.4, -0.2) is 31.7 Å².